The standard InChI is InChI=1S/C19H24N4O/c24-18(14-15-8-3-1-4-9-15)22-13-7-10-16(22)19-21-20-17-11-5-2-6-12-23(17)19/h1,3-4,8-9,16H,2,5-7,10-14H2/t16-/m0/s1. The second kappa shape index (κ2) is 6.75. The van der Waals surface area contributed by atoms with E-state index in [0.29, 0.717) is 6.42 Å². The lowest BCUT2D eigenvalue weighted by atomic mass is 10.1. The minimum absolute atomic E-state index is 0.0977. The summed E-state index contributed by atoms with van der Waals surface area (Å²) >= 11 is 0. The van der Waals surface area contributed by atoms with Crippen molar-refractivity contribution in [3.05, 3.63) is 47.5 Å². The van der Waals surface area contributed by atoms with E-state index in [2.05, 4.69) is 14.8 Å². The van der Waals surface area contributed by atoms with E-state index < -0.39 is 0 Å². The molecular weight excluding hydrogens is 300 g/mol. The minimum atomic E-state index is 0.0977. The highest BCUT2D eigenvalue weighted by molar-refractivity contribution is 5.79. The number of hydrogen-bond donors (Lipinski definition) is 0. The number of aryl methyl sites for hydroxylation is 1. The van der Waals surface area contributed by atoms with Gasteiger partial charge < -0.3 is 9.47 Å². The van der Waals surface area contributed by atoms with Crippen LogP contribution in [0.15, 0.2) is 30.3 Å². The van der Waals surface area contributed by atoms with Gasteiger partial charge in [-0.2, -0.15) is 0 Å². The molecule has 1 fully saturated rings. The lowest BCUT2D eigenvalue weighted by molar-refractivity contribution is -0.131. The third-order valence-electron chi connectivity index (χ3n) is 5.21. The fraction of sp³-hybridized carbons (Fsp3) is 0.526. The van der Waals surface area contributed by atoms with Crippen molar-refractivity contribution >= 4 is 5.91 Å². The van der Waals surface area contributed by atoms with E-state index in [0.717, 1.165) is 49.6 Å². The fourth-order valence-electron chi connectivity index (χ4n) is 3.96. The van der Waals surface area contributed by atoms with Crippen molar-refractivity contribution in [2.45, 2.75) is 57.5 Å². The molecule has 4 rings (SSSR count). The molecule has 5 nitrogen and oxygen atoms in total. The average molecular weight is 324 g/mol. The molecule has 2 aliphatic rings. The van der Waals surface area contributed by atoms with Crippen LogP contribution in [0.3, 0.4) is 0 Å². The van der Waals surface area contributed by atoms with E-state index in [9.17, 15) is 4.79 Å². The summed E-state index contributed by atoms with van der Waals surface area (Å²) in [5.74, 6) is 2.31. The second-order valence-electron chi connectivity index (χ2n) is 6.84. The summed E-state index contributed by atoms with van der Waals surface area (Å²) in [5, 5.41) is 8.89. The Hall–Kier alpha value is -2.17. The molecule has 0 bridgehead atoms. The van der Waals surface area contributed by atoms with Gasteiger partial charge in [-0.3, -0.25) is 4.79 Å². The van der Waals surface area contributed by atoms with Gasteiger partial charge in [0.2, 0.25) is 5.91 Å². The number of hydrogen-bond acceptors (Lipinski definition) is 3. The average Bonchev–Trinajstić information content (AvgIpc) is 3.17. The van der Waals surface area contributed by atoms with Gasteiger partial charge in [0.25, 0.3) is 0 Å². The first-order valence-electron chi connectivity index (χ1n) is 9.08. The molecule has 0 radical (unpaired) electrons. The quantitative estimate of drug-likeness (QED) is 0.872. The van der Waals surface area contributed by atoms with Crippen LogP contribution in [0.4, 0.5) is 0 Å². The Morgan fingerprint density at radius 2 is 1.92 bits per heavy atom. The van der Waals surface area contributed by atoms with Crippen molar-refractivity contribution in [1.29, 1.82) is 0 Å². The highest BCUT2D eigenvalue weighted by atomic mass is 16.2. The number of rotatable bonds is 3. The fourth-order valence-corrected chi connectivity index (χ4v) is 3.96. The number of amides is 1. The molecule has 2 aliphatic heterocycles. The first-order valence-corrected chi connectivity index (χ1v) is 9.08. The summed E-state index contributed by atoms with van der Waals surface area (Å²) in [6.07, 6.45) is 7.16. The molecule has 1 aromatic carbocycles. The van der Waals surface area contributed by atoms with Crippen molar-refractivity contribution in [3.8, 4) is 0 Å². The zero-order valence-electron chi connectivity index (χ0n) is 14.0. The van der Waals surface area contributed by atoms with Gasteiger partial charge in [-0.1, -0.05) is 36.8 Å². The van der Waals surface area contributed by atoms with E-state index in [1.54, 1.807) is 0 Å². The summed E-state index contributed by atoms with van der Waals surface area (Å²) in [4.78, 5) is 14.8. The Morgan fingerprint density at radius 3 is 2.79 bits per heavy atom. The Bertz CT molecular complexity index is 709. The Balaban J connectivity index is 1.55. The predicted octanol–water partition coefficient (Wildman–Crippen LogP) is 2.91. The maximum atomic E-state index is 12.8. The molecule has 0 unspecified atom stereocenters. The molecule has 2 aromatic rings. The zero-order valence-corrected chi connectivity index (χ0v) is 14.0. The van der Waals surface area contributed by atoms with Crippen LogP contribution in [0, 0.1) is 0 Å². The maximum absolute atomic E-state index is 12.8. The highest BCUT2D eigenvalue weighted by Gasteiger charge is 2.34. The second-order valence-corrected chi connectivity index (χ2v) is 6.84. The molecule has 1 atom stereocenters. The normalized spacial score (nSPS) is 20.7. The van der Waals surface area contributed by atoms with Gasteiger partial charge >= 0.3 is 0 Å². The summed E-state index contributed by atoms with van der Waals surface area (Å²) in [7, 11) is 0. The lowest BCUT2D eigenvalue weighted by Gasteiger charge is -2.25. The van der Waals surface area contributed by atoms with Crippen LogP contribution in [-0.4, -0.2) is 32.1 Å². The summed E-state index contributed by atoms with van der Waals surface area (Å²) in [5.41, 5.74) is 1.08. The van der Waals surface area contributed by atoms with E-state index in [-0.39, 0.29) is 11.9 Å². The number of aromatic nitrogens is 3. The van der Waals surface area contributed by atoms with Gasteiger partial charge in [0.1, 0.15) is 5.82 Å². The van der Waals surface area contributed by atoms with Crippen molar-refractivity contribution in [2.24, 2.45) is 0 Å². The number of benzene rings is 1. The molecular formula is C19H24N4O. The van der Waals surface area contributed by atoms with Gasteiger partial charge in [0, 0.05) is 19.5 Å². The van der Waals surface area contributed by atoms with Crippen molar-refractivity contribution in [3.63, 3.8) is 0 Å². The summed E-state index contributed by atoms with van der Waals surface area (Å²) < 4.78 is 2.28. The van der Waals surface area contributed by atoms with Gasteiger partial charge in [0.05, 0.1) is 12.5 Å². The van der Waals surface area contributed by atoms with Crippen LogP contribution in [-0.2, 0) is 24.2 Å². The molecule has 126 valence electrons. The van der Waals surface area contributed by atoms with E-state index in [1.807, 2.05) is 35.2 Å². The molecule has 1 saturated heterocycles. The molecule has 0 N–H and O–H groups in total. The number of likely N-dealkylation sites (tertiary alicyclic amines) is 1. The van der Waals surface area contributed by atoms with Crippen molar-refractivity contribution < 1.29 is 4.79 Å². The lowest BCUT2D eigenvalue weighted by Crippen LogP contribution is -2.33. The van der Waals surface area contributed by atoms with Crippen molar-refractivity contribution in [2.75, 3.05) is 6.54 Å². The van der Waals surface area contributed by atoms with Crippen LogP contribution in [0.1, 0.15) is 55.4 Å². The van der Waals surface area contributed by atoms with Gasteiger partial charge in [-0.25, -0.2) is 0 Å². The maximum Gasteiger partial charge on any atom is 0.227 e. The Kier molecular flexibility index (Phi) is 4.32. The largest absolute Gasteiger partial charge is 0.332 e. The SMILES string of the molecule is O=C(Cc1ccccc1)N1CCC[C@H]1c1nnc2n1CCCCC2. The van der Waals surface area contributed by atoms with Gasteiger partial charge in [-0.15, -0.1) is 10.2 Å². The monoisotopic (exact) mass is 324 g/mol. The third kappa shape index (κ3) is 2.95. The van der Waals surface area contributed by atoms with Gasteiger partial charge in [-0.05, 0) is 31.2 Å². The van der Waals surface area contributed by atoms with E-state index in [1.165, 1.54) is 19.3 Å². The number of carbonyl (C=O) groups excluding carboxylic acids is 1. The first kappa shape index (κ1) is 15.4. The van der Waals surface area contributed by atoms with E-state index in [4.69, 9.17) is 0 Å². The predicted molar refractivity (Wildman–Crippen MR) is 91.4 cm³/mol. The molecule has 24 heavy (non-hydrogen) atoms. The number of fused-ring (bicyclic) bond motifs is 1. The summed E-state index contributed by atoms with van der Waals surface area (Å²) in [6, 6.07) is 10.1. The zero-order chi connectivity index (χ0) is 16.4. The van der Waals surface area contributed by atoms with Crippen LogP contribution in [0.5, 0.6) is 0 Å². The molecule has 5 heteroatoms. The topological polar surface area (TPSA) is 51.0 Å². The molecule has 1 aromatic heterocycles. The van der Waals surface area contributed by atoms with Crippen molar-refractivity contribution in [1.82, 2.24) is 19.7 Å². The van der Waals surface area contributed by atoms with E-state index >= 15 is 0 Å². The molecule has 3 heterocycles. The Labute approximate surface area is 142 Å². The molecule has 0 spiro atoms. The van der Waals surface area contributed by atoms with Crippen LogP contribution >= 0.6 is 0 Å². The molecule has 1 amide bonds. The smallest absolute Gasteiger partial charge is 0.227 e. The first-order chi connectivity index (χ1) is 11.8. The van der Waals surface area contributed by atoms with Crippen LogP contribution in [0.25, 0.3) is 0 Å². The number of carbonyl (C=O) groups is 1. The molecule has 0 aliphatic carbocycles. The minimum Gasteiger partial charge on any atom is -0.332 e. The Morgan fingerprint density at radius 1 is 1.04 bits per heavy atom. The van der Waals surface area contributed by atoms with Crippen LogP contribution < -0.4 is 0 Å². The van der Waals surface area contributed by atoms with Crippen LogP contribution in [0.2, 0.25) is 0 Å². The van der Waals surface area contributed by atoms with Gasteiger partial charge in [0.15, 0.2) is 5.82 Å². The third-order valence-corrected chi connectivity index (χ3v) is 5.21. The highest BCUT2D eigenvalue weighted by Crippen LogP contribution is 2.32. The summed E-state index contributed by atoms with van der Waals surface area (Å²) in [6.45, 7) is 1.83. The number of nitrogens with zero attached hydrogens (tertiary/aromatic N) is 4. The molecule has 0 saturated carbocycles.